The van der Waals surface area contributed by atoms with Gasteiger partial charge < -0.3 is 19.7 Å². The lowest BCUT2D eigenvalue weighted by Gasteiger charge is -2.30. The molecule has 0 spiro atoms. The number of nitrogens with zero attached hydrogens (tertiary/aromatic N) is 2. The van der Waals surface area contributed by atoms with E-state index in [1.165, 1.54) is 24.3 Å². The summed E-state index contributed by atoms with van der Waals surface area (Å²) >= 11 is 5.66. The van der Waals surface area contributed by atoms with Crippen LogP contribution in [0.3, 0.4) is 0 Å². The molecule has 1 heterocycles. The number of carbonyl (C=O) groups excluding carboxylic acids is 2. The van der Waals surface area contributed by atoms with E-state index >= 15 is 0 Å². The number of carbonyl (C=O) groups is 2. The van der Waals surface area contributed by atoms with Crippen LogP contribution < -0.4 is 10.2 Å². The lowest BCUT2D eigenvalue weighted by molar-refractivity contribution is -0.384. The molecule has 0 unspecified atom stereocenters. The van der Waals surface area contributed by atoms with E-state index in [1.54, 1.807) is 0 Å². The Morgan fingerprint density at radius 3 is 2.63 bits per heavy atom. The van der Waals surface area contributed by atoms with E-state index in [2.05, 4.69) is 5.32 Å². The van der Waals surface area contributed by atoms with Crippen LogP contribution in [0, 0.1) is 15.9 Å². The van der Waals surface area contributed by atoms with Gasteiger partial charge in [-0.05, 0) is 24.3 Å². The molecule has 0 atom stereocenters. The molecule has 1 saturated heterocycles. The maximum atomic E-state index is 13.8. The predicted molar refractivity (Wildman–Crippen MR) is 106 cm³/mol. The molecule has 0 aliphatic carbocycles. The SMILES string of the molecule is O=C(COC(=O)c1cc([N+](=O)[O-])ccc1N1CCOCC1)Nc1ccc(Cl)cc1F. The highest BCUT2D eigenvalue weighted by Crippen LogP contribution is 2.27. The van der Waals surface area contributed by atoms with E-state index in [-0.39, 0.29) is 22.0 Å². The number of nitro groups is 1. The molecule has 3 rings (SSSR count). The van der Waals surface area contributed by atoms with Gasteiger partial charge in [0.15, 0.2) is 6.61 Å². The van der Waals surface area contributed by atoms with Crippen LogP contribution in [-0.4, -0.2) is 49.7 Å². The van der Waals surface area contributed by atoms with Crippen molar-refractivity contribution in [3.05, 3.63) is 62.9 Å². The third-order valence-electron chi connectivity index (χ3n) is 4.30. The standard InChI is InChI=1S/C19H17ClFN3O6/c20-12-1-3-16(15(21)9-12)22-18(25)11-30-19(26)14-10-13(24(27)28)2-4-17(14)23-5-7-29-8-6-23/h1-4,9-10H,5-8,11H2,(H,22,25). The number of nitro benzene ring substituents is 1. The summed E-state index contributed by atoms with van der Waals surface area (Å²) in [5.41, 5.74) is -0.00826. The number of morpholine rings is 1. The lowest BCUT2D eigenvalue weighted by atomic mass is 10.1. The predicted octanol–water partition coefficient (Wildman–Crippen LogP) is 3.02. The number of hydrogen-bond acceptors (Lipinski definition) is 7. The maximum Gasteiger partial charge on any atom is 0.341 e. The van der Waals surface area contributed by atoms with E-state index in [1.807, 2.05) is 4.90 Å². The Morgan fingerprint density at radius 2 is 1.97 bits per heavy atom. The first-order valence-corrected chi connectivity index (χ1v) is 9.26. The first kappa shape index (κ1) is 21.5. The molecule has 1 amide bonds. The topological polar surface area (TPSA) is 111 Å². The first-order valence-electron chi connectivity index (χ1n) is 8.88. The third-order valence-corrected chi connectivity index (χ3v) is 4.54. The second-order valence-corrected chi connectivity index (χ2v) is 6.74. The quantitative estimate of drug-likeness (QED) is 0.420. The van der Waals surface area contributed by atoms with Crippen LogP contribution in [0.5, 0.6) is 0 Å². The van der Waals surface area contributed by atoms with Gasteiger partial charge in [0.25, 0.3) is 11.6 Å². The maximum absolute atomic E-state index is 13.8. The van der Waals surface area contributed by atoms with Crippen LogP contribution >= 0.6 is 11.6 Å². The Balaban J connectivity index is 1.72. The molecule has 0 saturated carbocycles. The van der Waals surface area contributed by atoms with Gasteiger partial charge in [0, 0.05) is 30.2 Å². The highest BCUT2D eigenvalue weighted by Gasteiger charge is 2.23. The van der Waals surface area contributed by atoms with Gasteiger partial charge in [0.05, 0.1) is 35.1 Å². The van der Waals surface area contributed by atoms with Crippen LogP contribution in [0.25, 0.3) is 0 Å². The summed E-state index contributed by atoms with van der Waals surface area (Å²) < 4.78 is 24.1. The van der Waals surface area contributed by atoms with Crippen molar-refractivity contribution in [3.63, 3.8) is 0 Å². The van der Waals surface area contributed by atoms with Gasteiger partial charge in [0.2, 0.25) is 0 Å². The van der Waals surface area contributed by atoms with Crippen molar-refractivity contribution in [2.24, 2.45) is 0 Å². The zero-order chi connectivity index (χ0) is 21.7. The Bertz CT molecular complexity index is 981. The molecule has 1 aliphatic rings. The molecule has 1 aliphatic heterocycles. The van der Waals surface area contributed by atoms with Crippen molar-refractivity contribution in [3.8, 4) is 0 Å². The summed E-state index contributed by atoms with van der Waals surface area (Å²) in [6.45, 7) is 1.18. The minimum Gasteiger partial charge on any atom is -0.452 e. The Morgan fingerprint density at radius 1 is 1.23 bits per heavy atom. The molecule has 0 aromatic heterocycles. The Kier molecular flexibility index (Phi) is 6.80. The van der Waals surface area contributed by atoms with Gasteiger partial charge in [0.1, 0.15) is 5.82 Å². The van der Waals surface area contributed by atoms with Crippen LogP contribution in [0.4, 0.5) is 21.5 Å². The number of rotatable bonds is 6. The minimum absolute atomic E-state index is 0.0448. The average molecular weight is 438 g/mol. The largest absolute Gasteiger partial charge is 0.452 e. The summed E-state index contributed by atoms with van der Waals surface area (Å²) in [7, 11) is 0. The van der Waals surface area contributed by atoms with Crippen LogP contribution in [0.2, 0.25) is 5.02 Å². The number of non-ortho nitro benzene ring substituents is 1. The van der Waals surface area contributed by atoms with Crippen molar-refractivity contribution >= 4 is 40.5 Å². The van der Waals surface area contributed by atoms with Crippen molar-refractivity contribution in [1.82, 2.24) is 0 Å². The van der Waals surface area contributed by atoms with E-state index in [9.17, 15) is 24.1 Å². The molecule has 9 nitrogen and oxygen atoms in total. The Labute approximate surface area is 175 Å². The van der Waals surface area contributed by atoms with Crippen molar-refractivity contribution in [2.75, 3.05) is 43.1 Å². The number of hydrogen-bond donors (Lipinski definition) is 1. The number of amides is 1. The number of esters is 1. The molecule has 0 bridgehead atoms. The molecular weight excluding hydrogens is 421 g/mol. The van der Waals surface area contributed by atoms with Crippen molar-refractivity contribution in [2.45, 2.75) is 0 Å². The van der Waals surface area contributed by atoms with Gasteiger partial charge in [-0.15, -0.1) is 0 Å². The third kappa shape index (κ3) is 5.22. The van der Waals surface area contributed by atoms with Crippen molar-refractivity contribution in [1.29, 1.82) is 0 Å². The van der Waals surface area contributed by atoms with E-state index in [0.29, 0.717) is 32.0 Å². The molecule has 1 fully saturated rings. The van der Waals surface area contributed by atoms with Gasteiger partial charge in [-0.3, -0.25) is 14.9 Å². The van der Waals surface area contributed by atoms with E-state index < -0.39 is 29.2 Å². The number of ether oxygens (including phenoxy) is 2. The Hall–Kier alpha value is -3.24. The zero-order valence-electron chi connectivity index (χ0n) is 15.6. The molecule has 11 heteroatoms. The molecule has 2 aromatic rings. The number of benzene rings is 2. The van der Waals surface area contributed by atoms with Crippen LogP contribution in [0.15, 0.2) is 36.4 Å². The zero-order valence-corrected chi connectivity index (χ0v) is 16.4. The van der Waals surface area contributed by atoms with Gasteiger partial charge in [-0.2, -0.15) is 0 Å². The second-order valence-electron chi connectivity index (χ2n) is 6.31. The van der Waals surface area contributed by atoms with Gasteiger partial charge in [-0.25, -0.2) is 9.18 Å². The summed E-state index contributed by atoms with van der Waals surface area (Å²) in [6, 6.07) is 7.55. The smallest absolute Gasteiger partial charge is 0.341 e. The number of nitrogens with one attached hydrogen (secondary N) is 1. The average Bonchev–Trinajstić information content (AvgIpc) is 2.74. The molecule has 0 radical (unpaired) electrons. The molecule has 158 valence electrons. The molecular formula is C19H17ClFN3O6. The number of anilines is 2. The van der Waals surface area contributed by atoms with E-state index in [4.69, 9.17) is 21.1 Å². The fraction of sp³-hybridized carbons (Fsp3) is 0.263. The van der Waals surface area contributed by atoms with Crippen molar-refractivity contribution < 1.29 is 28.4 Å². The molecule has 30 heavy (non-hydrogen) atoms. The molecule has 1 N–H and O–H groups in total. The van der Waals surface area contributed by atoms with Gasteiger partial charge in [-0.1, -0.05) is 11.6 Å². The summed E-state index contributed by atoms with van der Waals surface area (Å²) in [5.74, 6) is -2.43. The van der Waals surface area contributed by atoms with Crippen LogP contribution in [0.1, 0.15) is 10.4 Å². The minimum atomic E-state index is -0.910. The first-order chi connectivity index (χ1) is 14.3. The summed E-state index contributed by atoms with van der Waals surface area (Å²) in [5, 5.41) is 13.5. The summed E-state index contributed by atoms with van der Waals surface area (Å²) in [6.07, 6.45) is 0. The normalized spacial score (nSPS) is 13.6. The fourth-order valence-corrected chi connectivity index (χ4v) is 3.03. The summed E-state index contributed by atoms with van der Waals surface area (Å²) in [4.78, 5) is 36.9. The highest BCUT2D eigenvalue weighted by atomic mass is 35.5. The second kappa shape index (κ2) is 9.51. The van der Waals surface area contributed by atoms with Crippen LogP contribution in [-0.2, 0) is 14.3 Å². The molecule has 2 aromatic carbocycles. The lowest BCUT2D eigenvalue weighted by Crippen LogP contribution is -2.37. The highest BCUT2D eigenvalue weighted by molar-refractivity contribution is 6.30. The fourth-order valence-electron chi connectivity index (χ4n) is 2.87. The van der Waals surface area contributed by atoms with Gasteiger partial charge >= 0.3 is 5.97 Å². The monoisotopic (exact) mass is 437 g/mol. The van der Waals surface area contributed by atoms with E-state index in [0.717, 1.165) is 12.1 Å². The number of halogens is 2.